The van der Waals surface area contributed by atoms with E-state index in [1.165, 1.54) is 16.9 Å². The first-order chi connectivity index (χ1) is 14.1. The van der Waals surface area contributed by atoms with Gasteiger partial charge in [0.25, 0.3) is 5.56 Å². The lowest BCUT2D eigenvalue weighted by Gasteiger charge is -2.13. The highest BCUT2D eigenvalue weighted by Gasteiger charge is 2.17. The molecule has 0 bridgehead atoms. The molecule has 29 heavy (non-hydrogen) atoms. The molecule has 3 heterocycles. The summed E-state index contributed by atoms with van der Waals surface area (Å²) in [7, 11) is 0. The number of aromatic nitrogens is 4. The van der Waals surface area contributed by atoms with Gasteiger partial charge in [-0.05, 0) is 29.9 Å². The van der Waals surface area contributed by atoms with Crippen molar-refractivity contribution >= 4 is 33.2 Å². The van der Waals surface area contributed by atoms with Crippen LogP contribution in [0.4, 0.5) is 0 Å². The molecular formula is C21H23N5O2S. The van der Waals surface area contributed by atoms with Gasteiger partial charge in [-0.15, -0.1) is 21.5 Å². The molecule has 0 fully saturated rings. The molecule has 150 valence electrons. The Morgan fingerprint density at radius 1 is 1.21 bits per heavy atom. The third-order valence-electron chi connectivity index (χ3n) is 5.15. The Morgan fingerprint density at radius 2 is 2.00 bits per heavy atom. The van der Waals surface area contributed by atoms with Crippen molar-refractivity contribution in [1.82, 2.24) is 24.5 Å². The van der Waals surface area contributed by atoms with Crippen molar-refractivity contribution < 1.29 is 4.79 Å². The summed E-state index contributed by atoms with van der Waals surface area (Å²) in [5, 5.41) is 13.4. The second kappa shape index (κ2) is 8.16. The van der Waals surface area contributed by atoms with Crippen LogP contribution < -0.4 is 10.9 Å². The number of benzene rings is 1. The van der Waals surface area contributed by atoms with Crippen molar-refractivity contribution in [2.24, 2.45) is 0 Å². The fraction of sp³-hybridized carbons (Fsp3) is 0.333. The molecule has 0 radical (unpaired) electrons. The zero-order chi connectivity index (χ0) is 20.4. The van der Waals surface area contributed by atoms with Crippen LogP contribution in [0.5, 0.6) is 0 Å². The van der Waals surface area contributed by atoms with E-state index in [2.05, 4.69) is 34.6 Å². The molecule has 4 rings (SSSR count). The van der Waals surface area contributed by atoms with E-state index in [9.17, 15) is 9.59 Å². The average Bonchev–Trinajstić information content (AvgIpc) is 3.38. The van der Waals surface area contributed by atoms with Crippen LogP contribution in [-0.4, -0.2) is 31.6 Å². The van der Waals surface area contributed by atoms with Crippen molar-refractivity contribution in [2.75, 3.05) is 6.54 Å². The summed E-state index contributed by atoms with van der Waals surface area (Å²) in [6.07, 6.45) is 0.777. The predicted octanol–water partition coefficient (Wildman–Crippen LogP) is 2.98. The highest BCUT2D eigenvalue weighted by atomic mass is 32.1. The Balaban J connectivity index is 1.48. The molecule has 3 aromatic heterocycles. The molecular weight excluding hydrogens is 386 g/mol. The van der Waals surface area contributed by atoms with Crippen LogP contribution in [0.1, 0.15) is 37.6 Å². The summed E-state index contributed by atoms with van der Waals surface area (Å²) < 4.78 is 4.20. The number of rotatable bonds is 7. The van der Waals surface area contributed by atoms with Gasteiger partial charge in [0.2, 0.25) is 11.7 Å². The second-order valence-corrected chi connectivity index (χ2v) is 7.97. The molecule has 1 amide bonds. The van der Waals surface area contributed by atoms with Crippen molar-refractivity contribution in [3.63, 3.8) is 0 Å². The quantitative estimate of drug-likeness (QED) is 0.509. The molecule has 0 aliphatic carbocycles. The molecule has 0 spiro atoms. The second-order valence-electron chi connectivity index (χ2n) is 7.05. The van der Waals surface area contributed by atoms with Crippen LogP contribution in [-0.2, 0) is 17.8 Å². The Morgan fingerprint density at radius 3 is 2.76 bits per heavy atom. The number of amides is 1. The molecule has 1 aromatic carbocycles. The lowest BCUT2D eigenvalue weighted by Crippen LogP contribution is -2.28. The molecule has 1 atom stereocenters. The number of aryl methyl sites for hydroxylation is 2. The van der Waals surface area contributed by atoms with E-state index in [0.717, 1.165) is 5.52 Å². The fourth-order valence-corrected chi connectivity index (χ4v) is 4.33. The molecule has 7 nitrogen and oxygen atoms in total. The number of carbonyl (C=O) groups is 1. The molecule has 0 saturated carbocycles. The number of thiophene rings is 1. The van der Waals surface area contributed by atoms with E-state index < -0.39 is 0 Å². The van der Waals surface area contributed by atoms with Crippen LogP contribution in [0.2, 0.25) is 0 Å². The van der Waals surface area contributed by atoms with E-state index in [-0.39, 0.29) is 17.4 Å². The summed E-state index contributed by atoms with van der Waals surface area (Å²) in [5.74, 6) is 1.45. The van der Waals surface area contributed by atoms with Gasteiger partial charge in [-0.1, -0.05) is 37.3 Å². The maximum Gasteiger partial charge on any atom is 0.272 e. The van der Waals surface area contributed by atoms with Crippen molar-refractivity contribution in [3.05, 3.63) is 63.5 Å². The summed E-state index contributed by atoms with van der Waals surface area (Å²) >= 11 is 1.42. The van der Waals surface area contributed by atoms with Gasteiger partial charge < -0.3 is 5.32 Å². The van der Waals surface area contributed by atoms with Gasteiger partial charge in [0.05, 0.1) is 5.52 Å². The van der Waals surface area contributed by atoms with Gasteiger partial charge in [0.1, 0.15) is 10.5 Å². The molecule has 1 N–H and O–H groups in total. The Hall–Kier alpha value is -3.00. The number of fused-ring (bicyclic) bond motifs is 3. The van der Waals surface area contributed by atoms with Crippen LogP contribution >= 0.6 is 11.3 Å². The Labute approximate surface area is 172 Å². The number of carbonyl (C=O) groups excluding carboxylic acids is 1. The highest BCUT2D eigenvalue weighted by Crippen LogP contribution is 2.20. The SMILES string of the molecule is CCn1c(=O)c2sccc2n2c(CCC(=O)NCC(C)c3ccccc3)nnc12. The van der Waals surface area contributed by atoms with E-state index in [1.54, 1.807) is 4.57 Å². The molecule has 8 heteroatoms. The zero-order valence-corrected chi connectivity index (χ0v) is 17.3. The Kier molecular flexibility index (Phi) is 5.44. The van der Waals surface area contributed by atoms with Crippen molar-refractivity contribution in [3.8, 4) is 0 Å². The summed E-state index contributed by atoms with van der Waals surface area (Å²) in [6, 6.07) is 12.0. The molecule has 0 aliphatic rings. The van der Waals surface area contributed by atoms with Gasteiger partial charge in [-0.25, -0.2) is 0 Å². The van der Waals surface area contributed by atoms with Crippen LogP contribution in [0.15, 0.2) is 46.6 Å². The first-order valence-corrected chi connectivity index (χ1v) is 10.6. The largest absolute Gasteiger partial charge is 0.355 e. The van der Waals surface area contributed by atoms with Crippen molar-refractivity contribution in [2.45, 2.75) is 39.2 Å². The normalized spacial score (nSPS) is 12.5. The lowest BCUT2D eigenvalue weighted by molar-refractivity contribution is -0.121. The third-order valence-corrected chi connectivity index (χ3v) is 6.04. The van der Waals surface area contributed by atoms with Gasteiger partial charge in [-0.3, -0.25) is 18.6 Å². The monoisotopic (exact) mass is 409 g/mol. The van der Waals surface area contributed by atoms with E-state index in [1.807, 2.05) is 41.0 Å². The highest BCUT2D eigenvalue weighted by molar-refractivity contribution is 7.17. The predicted molar refractivity (Wildman–Crippen MR) is 114 cm³/mol. The van der Waals surface area contributed by atoms with Gasteiger partial charge in [0, 0.05) is 25.9 Å². The third kappa shape index (κ3) is 3.67. The minimum absolute atomic E-state index is 0.0186. The van der Waals surface area contributed by atoms with E-state index in [4.69, 9.17) is 0 Å². The van der Waals surface area contributed by atoms with Crippen LogP contribution in [0, 0.1) is 0 Å². The molecule has 1 unspecified atom stereocenters. The Bertz CT molecular complexity index is 1210. The number of hydrogen-bond acceptors (Lipinski definition) is 5. The summed E-state index contributed by atoms with van der Waals surface area (Å²) in [4.78, 5) is 25.0. The van der Waals surface area contributed by atoms with Crippen LogP contribution in [0.25, 0.3) is 16.0 Å². The van der Waals surface area contributed by atoms with E-state index in [0.29, 0.717) is 42.2 Å². The minimum atomic E-state index is -0.0448. The zero-order valence-electron chi connectivity index (χ0n) is 16.5. The first-order valence-electron chi connectivity index (χ1n) is 9.75. The molecule has 0 aliphatic heterocycles. The first kappa shape index (κ1) is 19.3. The number of hydrogen-bond donors (Lipinski definition) is 1. The molecule has 0 saturated heterocycles. The number of nitrogens with one attached hydrogen (secondary N) is 1. The maximum atomic E-state index is 12.6. The topological polar surface area (TPSA) is 81.3 Å². The molecule has 4 aromatic rings. The van der Waals surface area contributed by atoms with Gasteiger partial charge >= 0.3 is 0 Å². The van der Waals surface area contributed by atoms with Crippen LogP contribution in [0.3, 0.4) is 0 Å². The maximum absolute atomic E-state index is 12.6. The van der Waals surface area contributed by atoms with Gasteiger partial charge in [0.15, 0.2) is 0 Å². The standard InChI is InChI=1S/C21H23N5O2S/c1-3-25-20(28)19-16(11-12-29-19)26-17(23-24-21(25)26)9-10-18(27)22-13-14(2)15-7-5-4-6-8-15/h4-8,11-12,14H,3,9-10,13H2,1-2H3,(H,22,27). The smallest absolute Gasteiger partial charge is 0.272 e. The minimum Gasteiger partial charge on any atom is -0.355 e. The number of nitrogens with zero attached hydrogens (tertiary/aromatic N) is 4. The summed E-state index contributed by atoms with van der Waals surface area (Å²) in [6.45, 7) is 5.12. The lowest BCUT2D eigenvalue weighted by atomic mass is 10.0. The van der Waals surface area contributed by atoms with E-state index >= 15 is 0 Å². The van der Waals surface area contributed by atoms with Gasteiger partial charge in [-0.2, -0.15) is 0 Å². The fourth-order valence-electron chi connectivity index (χ4n) is 3.51. The average molecular weight is 410 g/mol. The van der Waals surface area contributed by atoms with Crippen molar-refractivity contribution in [1.29, 1.82) is 0 Å². The summed E-state index contributed by atoms with van der Waals surface area (Å²) in [5.41, 5.74) is 1.96.